The normalized spacial score (nSPS) is 11.8. The molecule has 1 aromatic rings. The number of amides is 2. The Bertz CT molecular complexity index is 470. The molecule has 1 rings (SSSR count). The van der Waals surface area contributed by atoms with Gasteiger partial charge in [-0.05, 0) is 31.0 Å². The van der Waals surface area contributed by atoms with E-state index in [4.69, 9.17) is 5.73 Å². The molecule has 0 aliphatic rings. The number of hydrogen-bond acceptors (Lipinski definition) is 3. The zero-order chi connectivity index (χ0) is 15.1. The molecule has 5 heteroatoms. The number of nitrogens with one attached hydrogen (secondary N) is 1. The minimum atomic E-state index is -0.129. The smallest absolute Gasteiger partial charge is 0.253 e. The lowest BCUT2D eigenvalue weighted by molar-refractivity contribution is -0.121. The van der Waals surface area contributed by atoms with Crippen molar-refractivity contribution < 1.29 is 9.59 Å². The Morgan fingerprint density at radius 2 is 2.05 bits per heavy atom. The van der Waals surface area contributed by atoms with Gasteiger partial charge < -0.3 is 16.0 Å². The molecule has 0 heterocycles. The summed E-state index contributed by atoms with van der Waals surface area (Å²) in [4.78, 5) is 24.8. The first-order valence-electron chi connectivity index (χ1n) is 6.73. The van der Waals surface area contributed by atoms with Crippen LogP contribution in [0.3, 0.4) is 0 Å². The minimum Gasteiger partial charge on any atom is -0.356 e. The number of nitrogens with two attached hydrogens (primary N) is 1. The van der Waals surface area contributed by atoms with E-state index >= 15 is 0 Å². The fourth-order valence-corrected chi connectivity index (χ4v) is 1.83. The molecule has 0 aromatic heterocycles. The Labute approximate surface area is 120 Å². The first kappa shape index (κ1) is 16.2. The van der Waals surface area contributed by atoms with Crippen LogP contribution < -0.4 is 11.1 Å². The van der Waals surface area contributed by atoms with E-state index in [1.807, 2.05) is 18.2 Å². The first-order chi connectivity index (χ1) is 9.40. The van der Waals surface area contributed by atoms with Crippen LogP contribution in [0.5, 0.6) is 0 Å². The Morgan fingerprint density at radius 1 is 1.35 bits per heavy atom. The van der Waals surface area contributed by atoms with Crippen LogP contribution in [0.2, 0.25) is 0 Å². The van der Waals surface area contributed by atoms with E-state index in [2.05, 4.69) is 5.32 Å². The van der Waals surface area contributed by atoms with Crippen molar-refractivity contribution in [3.8, 4) is 0 Å². The largest absolute Gasteiger partial charge is 0.356 e. The van der Waals surface area contributed by atoms with Crippen molar-refractivity contribution in [2.75, 3.05) is 20.6 Å². The molecule has 0 aliphatic carbocycles. The molecule has 3 N–H and O–H groups in total. The van der Waals surface area contributed by atoms with E-state index in [0.717, 1.165) is 5.56 Å². The van der Waals surface area contributed by atoms with Gasteiger partial charge >= 0.3 is 0 Å². The molecular formula is C15H23N3O2. The molecule has 0 saturated carbocycles. The van der Waals surface area contributed by atoms with Crippen LogP contribution in [0.15, 0.2) is 24.3 Å². The number of carbonyl (C=O) groups excluding carboxylic acids is 2. The molecule has 0 aliphatic heterocycles. The van der Waals surface area contributed by atoms with Gasteiger partial charge in [0.05, 0.1) is 0 Å². The van der Waals surface area contributed by atoms with Crippen LogP contribution in [0.1, 0.15) is 29.3 Å². The molecule has 1 aromatic carbocycles. The summed E-state index contributed by atoms with van der Waals surface area (Å²) in [5.74, 6) is -0.0617. The second-order valence-corrected chi connectivity index (χ2v) is 5.18. The van der Waals surface area contributed by atoms with Crippen molar-refractivity contribution in [1.82, 2.24) is 10.2 Å². The van der Waals surface area contributed by atoms with Crippen molar-refractivity contribution in [2.45, 2.75) is 25.8 Å². The molecule has 0 bridgehead atoms. The van der Waals surface area contributed by atoms with Crippen molar-refractivity contribution in [1.29, 1.82) is 0 Å². The summed E-state index contributed by atoms with van der Waals surface area (Å²) in [6, 6.07) is 7.33. The molecule has 5 nitrogen and oxygen atoms in total. The highest BCUT2D eigenvalue weighted by molar-refractivity contribution is 5.94. The molecule has 2 amide bonds. The third-order valence-corrected chi connectivity index (χ3v) is 2.82. The first-order valence-corrected chi connectivity index (χ1v) is 6.73. The van der Waals surface area contributed by atoms with Gasteiger partial charge in [0, 0.05) is 38.7 Å². The van der Waals surface area contributed by atoms with Crippen LogP contribution in [0.25, 0.3) is 0 Å². The summed E-state index contributed by atoms with van der Waals surface area (Å²) in [5.41, 5.74) is 7.24. The maximum atomic E-state index is 11.8. The highest BCUT2D eigenvalue weighted by Crippen LogP contribution is 2.07. The van der Waals surface area contributed by atoms with Crippen molar-refractivity contribution in [3.05, 3.63) is 35.4 Å². The van der Waals surface area contributed by atoms with Gasteiger partial charge in [-0.1, -0.05) is 12.1 Å². The molecule has 0 saturated heterocycles. The highest BCUT2D eigenvalue weighted by atomic mass is 16.2. The van der Waals surface area contributed by atoms with Crippen LogP contribution in [-0.2, 0) is 11.2 Å². The van der Waals surface area contributed by atoms with Crippen LogP contribution in [0, 0.1) is 0 Å². The number of benzene rings is 1. The Kier molecular flexibility index (Phi) is 6.18. The lowest BCUT2D eigenvalue weighted by Gasteiger charge is -2.11. The summed E-state index contributed by atoms with van der Waals surface area (Å²) < 4.78 is 0. The predicted octanol–water partition coefficient (Wildman–Crippen LogP) is 0.784. The molecule has 110 valence electrons. The number of carbonyl (C=O) groups is 2. The fourth-order valence-electron chi connectivity index (χ4n) is 1.83. The molecule has 0 fully saturated rings. The molecule has 1 atom stereocenters. The van der Waals surface area contributed by atoms with Gasteiger partial charge in [0.25, 0.3) is 5.91 Å². The van der Waals surface area contributed by atoms with Gasteiger partial charge in [-0.15, -0.1) is 0 Å². The molecular weight excluding hydrogens is 254 g/mol. The van der Waals surface area contributed by atoms with Crippen molar-refractivity contribution in [3.63, 3.8) is 0 Å². The number of rotatable bonds is 6. The van der Waals surface area contributed by atoms with Gasteiger partial charge in [0.2, 0.25) is 5.91 Å². The summed E-state index contributed by atoms with van der Waals surface area (Å²) in [6.07, 6.45) is 1.03. The highest BCUT2D eigenvalue weighted by Gasteiger charge is 2.08. The average molecular weight is 277 g/mol. The third-order valence-electron chi connectivity index (χ3n) is 2.82. The average Bonchev–Trinajstić information content (AvgIpc) is 2.37. The van der Waals surface area contributed by atoms with Gasteiger partial charge in [0.15, 0.2) is 0 Å². The number of hydrogen-bond donors (Lipinski definition) is 2. The van der Waals surface area contributed by atoms with Crippen molar-refractivity contribution >= 4 is 11.8 Å². The fraction of sp³-hybridized carbons (Fsp3) is 0.467. The Hall–Kier alpha value is -1.88. The zero-order valence-electron chi connectivity index (χ0n) is 12.3. The minimum absolute atomic E-state index is 0.0205. The molecule has 20 heavy (non-hydrogen) atoms. The molecule has 0 radical (unpaired) electrons. The van der Waals surface area contributed by atoms with Gasteiger partial charge in [-0.25, -0.2) is 0 Å². The van der Waals surface area contributed by atoms with E-state index in [1.165, 1.54) is 0 Å². The monoisotopic (exact) mass is 277 g/mol. The van der Waals surface area contributed by atoms with Gasteiger partial charge in [-0.2, -0.15) is 0 Å². The molecule has 1 unspecified atom stereocenters. The number of nitrogens with zero attached hydrogens (tertiary/aromatic N) is 1. The standard InChI is InChI=1S/C15H23N3O2/c1-11(16)9-14(19)17-8-7-12-5-4-6-13(10-12)15(20)18(2)3/h4-6,10-11H,7-9,16H2,1-3H3,(H,17,19). The second-order valence-electron chi connectivity index (χ2n) is 5.18. The molecule has 0 spiro atoms. The maximum absolute atomic E-state index is 11.8. The zero-order valence-corrected chi connectivity index (χ0v) is 12.3. The predicted molar refractivity (Wildman–Crippen MR) is 79.4 cm³/mol. The maximum Gasteiger partial charge on any atom is 0.253 e. The van der Waals surface area contributed by atoms with Crippen LogP contribution in [0.4, 0.5) is 0 Å². The van der Waals surface area contributed by atoms with E-state index in [9.17, 15) is 9.59 Å². The summed E-state index contributed by atoms with van der Waals surface area (Å²) in [7, 11) is 3.45. The van der Waals surface area contributed by atoms with Crippen molar-refractivity contribution in [2.24, 2.45) is 5.73 Å². The van der Waals surface area contributed by atoms with E-state index in [0.29, 0.717) is 24.9 Å². The quantitative estimate of drug-likeness (QED) is 0.807. The van der Waals surface area contributed by atoms with E-state index in [1.54, 1.807) is 32.0 Å². The lowest BCUT2D eigenvalue weighted by Crippen LogP contribution is -2.31. The third kappa shape index (κ3) is 5.40. The SMILES string of the molecule is CC(N)CC(=O)NCCc1cccc(C(=O)N(C)C)c1. The van der Waals surface area contributed by atoms with E-state index in [-0.39, 0.29) is 17.9 Å². The van der Waals surface area contributed by atoms with Gasteiger partial charge in [0.1, 0.15) is 0 Å². The Balaban J connectivity index is 2.51. The van der Waals surface area contributed by atoms with E-state index < -0.39 is 0 Å². The van der Waals surface area contributed by atoms with Crippen LogP contribution >= 0.6 is 0 Å². The Morgan fingerprint density at radius 3 is 2.65 bits per heavy atom. The lowest BCUT2D eigenvalue weighted by atomic mass is 10.1. The summed E-state index contributed by atoms with van der Waals surface area (Å²) >= 11 is 0. The van der Waals surface area contributed by atoms with Gasteiger partial charge in [-0.3, -0.25) is 9.59 Å². The summed E-state index contributed by atoms with van der Waals surface area (Å²) in [5, 5.41) is 2.82. The second kappa shape index (κ2) is 7.65. The van der Waals surface area contributed by atoms with Crippen LogP contribution in [-0.4, -0.2) is 43.4 Å². The topological polar surface area (TPSA) is 75.4 Å². The summed E-state index contributed by atoms with van der Waals surface area (Å²) in [6.45, 7) is 2.35.